The molecule has 19 heavy (non-hydrogen) atoms. The van der Waals surface area contributed by atoms with Crippen molar-refractivity contribution in [3.8, 4) is 0 Å². The number of carbonyl (C=O) groups is 1. The molecule has 1 amide bonds. The molecule has 0 aliphatic rings. The van der Waals surface area contributed by atoms with Gasteiger partial charge < -0.3 is 20.5 Å². The van der Waals surface area contributed by atoms with Crippen molar-refractivity contribution in [1.29, 1.82) is 0 Å². The van der Waals surface area contributed by atoms with Crippen LogP contribution in [0.2, 0.25) is 0 Å². The van der Waals surface area contributed by atoms with Crippen LogP contribution in [0.5, 0.6) is 0 Å². The van der Waals surface area contributed by atoms with Gasteiger partial charge >= 0.3 is 0 Å². The van der Waals surface area contributed by atoms with Gasteiger partial charge in [0, 0.05) is 19.7 Å². The van der Waals surface area contributed by atoms with Crippen LogP contribution in [0, 0.1) is 0 Å². The van der Waals surface area contributed by atoms with Crippen LogP contribution in [-0.4, -0.2) is 32.3 Å². The molecule has 0 spiro atoms. The molecule has 106 valence electrons. The molecular formula is C14H22N2O3. The van der Waals surface area contributed by atoms with Crippen LogP contribution >= 0.6 is 0 Å². The first kappa shape index (κ1) is 15.6. The highest BCUT2D eigenvalue weighted by molar-refractivity contribution is 5.77. The van der Waals surface area contributed by atoms with Crippen molar-refractivity contribution >= 4 is 5.91 Å². The summed E-state index contributed by atoms with van der Waals surface area (Å²) in [5.74, 6) is -0.139. The predicted octanol–water partition coefficient (Wildman–Crippen LogP) is 0.815. The first-order chi connectivity index (χ1) is 9.27. The number of hydrogen-bond acceptors (Lipinski definition) is 4. The highest BCUT2D eigenvalue weighted by atomic mass is 16.5. The van der Waals surface area contributed by atoms with Gasteiger partial charge in [-0.2, -0.15) is 0 Å². The van der Waals surface area contributed by atoms with Gasteiger partial charge in [-0.15, -0.1) is 0 Å². The minimum atomic E-state index is -0.139. The maximum Gasteiger partial charge on any atom is 0.246 e. The summed E-state index contributed by atoms with van der Waals surface area (Å²) in [5.41, 5.74) is 7.42. The van der Waals surface area contributed by atoms with Gasteiger partial charge in [-0.25, -0.2) is 0 Å². The zero-order valence-corrected chi connectivity index (χ0v) is 11.4. The molecule has 1 rings (SSSR count). The van der Waals surface area contributed by atoms with Crippen molar-refractivity contribution in [2.45, 2.75) is 20.1 Å². The second-order valence-corrected chi connectivity index (χ2v) is 4.02. The van der Waals surface area contributed by atoms with Crippen molar-refractivity contribution in [2.75, 3.05) is 26.4 Å². The summed E-state index contributed by atoms with van der Waals surface area (Å²) in [4.78, 5) is 11.5. The van der Waals surface area contributed by atoms with Crippen molar-refractivity contribution in [2.24, 2.45) is 5.73 Å². The van der Waals surface area contributed by atoms with Crippen LogP contribution in [-0.2, 0) is 27.4 Å². The number of rotatable bonds is 9. The number of nitrogens with two attached hydrogens (primary N) is 1. The van der Waals surface area contributed by atoms with E-state index in [0.29, 0.717) is 32.9 Å². The topological polar surface area (TPSA) is 73.6 Å². The van der Waals surface area contributed by atoms with Crippen LogP contribution in [0.1, 0.15) is 18.1 Å². The van der Waals surface area contributed by atoms with Crippen molar-refractivity contribution < 1.29 is 14.3 Å². The summed E-state index contributed by atoms with van der Waals surface area (Å²) < 4.78 is 10.5. The van der Waals surface area contributed by atoms with Crippen LogP contribution in [0.25, 0.3) is 0 Å². The number of nitrogens with one attached hydrogen (secondary N) is 1. The third-order valence-electron chi connectivity index (χ3n) is 2.55. The molecule has 3 N–H and O–H groups in total. The second kappa shape index (κ2) is 9.49. The van der Waals surface area contributed by atoms with Crippen LogP contribution in [0.3, 0.4) is 0 Å². The van der Waals surface area contributed by atoms with Gasteiger partial charge in [0.2, 0.25) is 5.91 Å². The molecule has 0 atom stereocenters. The summed E-state index contributed by atoms with van der Waals surface area (Å²) >= 11 is 0. The van der Waals surface area contributed by atoms with Crippen molar-refractivity contribution in [1.82, 2.24) is 5.32 Å². The monoisotopic (exact) mass is 266 g/mol. The Morgan fingerprint density at radius 1 is 1.26 bits per heavy atom. The second-order valence-electron chi connectivity index (χ2n) is 4.02. The third-order valence-corrected chi connectivity index (χ3v) is 2.55. The summed E-state index contributed by atoms with van der Waals surface area (Å²) in [7, 11) is 0. The molecule has 0 fully saturated rings. The fraction of sp³-hybridized carbons (Fsp3) is 0.500. The fourth-order valence-electron chi connectivity index (χ4n) is 1.58. The average Bonchev–Trinajstić information content (AvgIpc) is 2.44. The van der Waals surface area contributed by atoms with Gasteiger partial charge in [0.05, 0.1) is 13.2 Å². The molecule has 0 saturated heterocycles. The molecular weight excluding hydrogens is 244 g/mol. The Morgan fingerprint density at radius 3 is 2.68 bits per heavy atom. The average molecular weight is 266 g/mol. The fourth-order valence-corrected chi connectivity index (χ4v) is 1.58. The maximum absolute atomic E-state index is 11.5. The van der Waals surface area contributed by atoms with E-state index in [2.05, 4.69) is 5.32 Å². The lowest BCUT2D eigenvalue weighted by molar-refractivity contribution is -0.125. The van der Waals surface area contributed by atoms with Crippen molar-refractivity contribution in [3.05, 3.63) is 35.4 Å². The van der Waals surface area contributed by atoms with Crippen LogP contribution in [0.4, 0.5) is 0 Å². The molecule has 1 aromatic rings. The van der Waals surface area contributed by atoms with E-state index in [1.807, 2.05) is 31.2 Å². The smallest absolute Gasteiger partial charge is 0.246 e. The zero-order valence-electron chi connectivity index (χ0n) is 11.4. The molecule has 0 aliphatic carbocycles. The number of amides is 1. The molecule has 0 aliphatic heterocycles. The Bertz CT molecular complexity index is 383. The Hall–Kier alpha value is -1.43. The minimum absolute atomic E-state index is 0.0465. The van der Waals surface area contributed by atoms with E-state index in [0.717, 1.165) is 11.1 Å². The Morgan fingerprint density at radius 2 is 2.00 bits per heavy atom. The molecule has 5 nitrogen and oxygen atoms in total. The van der Waals surface area contributed by atoms with E-state index >= 15 is 0 Å². The summed E-state index contributed by atoms with van der Waals surface area (Å²) in [6, 6.07) is 7.89. The lowest BCUT2D eigenvalue weighted by atomic mass is 10.1. The zero-order chi connectivity index (χ0) is 13.9. The SMILES string of the molecule is CCOCc1ccccc1CNC(=O)COCCN. The van der Waals surface area contributed by atoms with Gasteiger partial charge in [0.1, 0.15) is 6.61 Å². The molecule has 5 heteroatoms. The predicted molar refractivity (Wildman–Crippen MR) is 73.5 cm³/mol. The van der Waals surface area contributed by atoms with E-state index < -0.39 is 0 Å². The molecule has 0 saturated carbocycles. The highest BCUT2D eigenvalue weighted by Crippen LogP contribution is 2.09. The normalized spacial score (nSPS) is 10.4. The number of hydrogen-bond donors (Lipinski definition) is 2. The lowest BCUT2D eigenvalue weighted by Crippen LogP contribution is -2.28. The molecule has 0 radical (unpaired) electrons. The minimum Gasteiger partial charge on any atom is -0.377 e. The largest absolute Gasteiger partial charge is 0.377 e. The van der Waals surface area contributed by atoms with E-state index in [1.165, 1.54) is 0 Å². The van der Waals surface area contributed by atoms with Crippen molar-refractivity contribution in [3.63, 3.8) is 0 Å². The number of ether oxygens (including phenoxy) is 2. The highest BCUT2D eigenvalue weighted by Gasteiger charge is 2.04. The van der Waals surface area contributed by atoms with Gasteiger partial charge in [-0.3, -0.25) is 4.79 Å². The van der Waals surface area contributed by atoms with Gasteiger partial charge in [-0.05, 0) is 18.1 Å². The van der Waals surface area contributed by atoms with Gasteiger partial charge in [0.15, 0.2) is 0 Å². The Labute approximate surface area is 114 Å². The Balaban J connectivity index is 2.41. The number of carbonyl (C=O) groups excluding carboxylic acids is 1. The molecule has 0 heterocycles. The van der Waals surface area contributed by atoms with E-state index in [4.69, 9.17) is 15.2 Å². The van der Waals surface area contributed by atoms with Gasteiger partial charge in [0.25, 0.3) is 0 Å². The summed E-state index contributed by atoms with van der Waals surface area (Å²) in [6.45, 7) is 4.54. The molecule has 0 unspecified atom stereocenters. The van der Waals surface area contributed by atoms with Crippen LogP contribution in [0.15, 0.2) is 24.3 Å². The molecule has 1 aromatic carbocycles. The lowest BCUT2D eigenvalue weighted by Gasteiger charge is -2.10. The van der Waals surface area contributed by atoms with E-state index in [9.17, 15) is 4.79 Å². The number of benzene rings is 1. The third kappa shape index (κ3) is 6.33. The molecule has 0 bridgehead atoms. The maximum atomic E-state index is 11.5. The van der Waals surface area contributed by atoms with E-state index in [-0.39, 0.29) is 12.5 Å². The van der Waals surface area contributed by atoms with Crippen LogP contribution < -0.4 is 11.1 Å². The quantitative estimate of drug-likeness (QED) is 0.649. The molecule has 0 aromatic heterocycles. The van der Waals surface area contributed by atoms with E-state index in [1.54, 1.807) is 0 Å². The summed E-state index contributed by atoms with van der Waals surface area (Å²) in [5, 5.41) is 2.81. The first-order valence-corrected chi connectivity index (χ1v) is 6.47. The van der Waals surface area contributed by atoms with Gasteiger partial charge in [-0.1, -0.05) is 24.3 Å². The standard InChI is InChI=1S/C14H22N2O3/c1-2-18-10-13-6-4-3-5-12(13)9-16-14(17)11-19-8-7-15/h3-6H,2,7-11,15H2,1H3,(H,16,17). The Kier molecular flexibility index (Phi) is 7.81. The first-order valence-electron chi connectivity index (χ1n) is 6.47. The summed E-state index contributed by atoms with van der Waals surface area (Å²) in [6.07, 6.45) is 0.